The second-order valence-electron chi connectivity index (χ2n) is 11.4. The standard InChI is InChI=1S/C37H48O6/c1-5-7-8-9-28-10-12-30(13-11-28)32-16-17-34(29(6-2)22-32)33-15-14-31(18-19-37(24-38,25-39)26-40)35(23-33)42-20-21-43-36(41)27(3)4/h10-17,22-23,38-40H,3,5-9,18-21,24-26H2,1-2,4H3. The molecule has 0 fully saturated rings. The number of carbonyl (C=O) groups is 1. The Morgan fingerprint density at radius 3 is 2.09 bits per heavy atom. The predicted octanol–water partition coefficient (Wildman–Crippen LogP) is 6.71. The highest BCUT2D eigenvalue weighted by Gasteiger charge is 2.28. The number of ether oxygens (including phenoxy) is 2. The van der Waals surface area contributed by atoms with Gasteiger partial charge in [0.2, 0.25) is 0 Å². The Labute approximate surface area is 257 Å². The van der Waals surface area contributed by atoms with Gasteiger partial charge in [-0.15, -0.1) is 0 Å². The third kappa shape index (κ3) is 9.52. The summed E-state index contributed by atoms with van der Waals surface area (Å²) in [6, 6.07) is 21.5. The summed E-state index contributed by atoms with van der Waals surface area (Å²) in [7, 11) is 0. The Bertz CT molecular complexity index is 1320. The van der Waals surface area contributed by atoms with Crippen molar-refractivity contribution in [3.63, 3.8) is 0 Å². The van der Waals surface area contributed by atoms with Gasteiger partial charge in [0, 0.05) is 11.0 Å². The van der Waals surface area contributed by atoms with Crippen molar-refractivity contribution < 1.29 is 29.6 Å². The summed E-state index contributed by atoms with van der Waals surface area (Å²) in [6.45, 7) is 8.86. The molecule has 0 heterocycles. The Balaban J connectivity index is 1.87. The van der Waals surface area contributed by atoms with E-state index in [0.717, 1.165) is 29.5 Å². The average molecular weight is 589 g/mol. The lowest BCUT2D eigenvalue weighted by molar-refractivity contribution is -0.139. The number of unbranched alkanes of at least 4 members (excludes halogenated alkanes) is 2. The third-order valence-corrected chi connectivity index (χ3v) is 8.07. The van der Waals surface area contributed by atoms with Crippen molar-refractivity contribution in [1.29, 1.82) is 0 Å². The molecule has 0 unspecified atom stereocenters. The van der Waals surface area contributed by atoms with Crippen molar-refractivity contribution in [3.8, 4) is 28.0 Å². The molecule has 0 aromatic heterocycles. The maximum atomic E-state index is 11.8. The first-order chi connectivity index (χ1) is 20.8. The highest BCUT2D eigenvalue weighted by molar-refractivity contribution is 5.86. The molecule has 0 aliphatic rings. The van der Waals surface area contributed by atoms with Gasteiger partial charge in [0.15, 0.2) is 0 Å². The van der Waals surface area contributed by atoms with Crippen molar-refractivity contribution in [2.45, 2.75) is 65.7 Å². The molecule has 232 valence electrons. The van der Waals surface area contributed by atoms with Crippen LogP contribution < -0.4 is 4.74 Å². The van der Waals surface area contributed by atoms with Crippen LogP contribution in [0.25, 0.3) is 22.3 Å². The van der Waals surface area contributed by atoms with Gasteiger partial charge in [-0.2, -0.15) is 0 Å². The van der Waals surface area contributed by atoms with Crippen LogP contribution in [0.1, 0.15) is 63.1 Å². The zero-order valence-electron chi connectivity index (χ0n) is 26.0. The van der Waals surface area contributed by atoms with Crippen molar-refractivity contribution in [2.75, 3.05) is 33.0 Å². The van der Waals surface area contributed by atoms with Gasteiger partial charge in [-0.05, 0) is 84.0 Å². The van der Waals surface area contributed by atoms with Crippen molar-refractivity contribution in [2.24, 2.45) is 5.41 Å². The van der Waals surface area contributed by atoms with E-state index >= 15 is 0 Å². The number of rotatable bonds is 18. The van der Waals surface area contributed by atoms with E-state index < -0.39 is 11.4 Å². The first-order valence-corrected chi connectivity index (χ1v) is 15.4. The number of hydrogen-bond acceptors (Lipinski definition) is 6. The second-order valence-corrected chi connectivity index (χ2v) is 11.4. The molecule has 0 spiro atoms. The minimum absolute atomic E-state index is 0.0789. The van der Waals surface area contributed by atoms with Gasteiger partial charge in [-0.3, -0.25) is 0 Å². The minimum atomic E-state index is -0.980. The number of aliphatic hydroxyl groups is 3. The van der Waals surface area contributed by atoms with E-state index in [4.69, 9.17) is 9.47 Å². The number of esters is 1. The minimum Gasteiger partial charge on any atom is -0.490 e. The van der Waals surface area contributed by atoms with Gasteiger partial charge < -0.3 is 24.8 Å². The van der Waals surface area contributed by atoms with E-state index in [1.54, 1.807) is 6.92 Å². The molecule has 0 aliphatic carbocycles. The maximum Gasteiger partial charge on any atom is 0.333 e. The molecule has 3 aromatic rings. The summed E-state index contributed by atoms with van der Waals surface area (Å²) in [5, 5.41) is 29.4. The lowest BCUT2D eigenvalue weighted by atomic mass is 9.84. The first kappa shape index (κ1) is 34.0. The lowest BCUT2D eigenvalue weighted by Crippen LogP contribution is -2.34. The fourth-order valence-corrected chi connectivity index (χ4v) is 5.05. The van der Waals surface area contributed by atoms with Crippen LogP contribution in [0.4, 0.5) is 0 Å². The molecular weight excluding hydrogens is 540 g/mol. The molecular formula is C37H48O6. The van der Waals surface area contributed by atoms with Crippen LogP contribution in [0.2, 0.25) is 0 Å². The number of aliphatic hydroxyl groups excluding tert-OH is 3. The van der Waals surface area contributed by atoms with E-state index in [-0.39, 0.29) is 33.0 Å². The quantitative estimate of drug-likeness (QED) is 0.0869. The highest BCUT2D eigenvalue weighted by atomic mass is 16.6. The molecule has 0 saturated carbocycles. The van der Waals surface area contributed by atoms with E-state index in [1.807, 2.05) is 12.1 Å². The van der Waals surface area contributed by atoms with Crippen LogP contribution in [0.15, 0.2) is 72.8 Å². The summed E-state index contributed by atoms with van der Waals surface area (Å²) < 4.78 is 11.3. The van der Waals surface area contributed by atoms with Gasteiger partial charge in [-0.1, -0.05) is 87.9 Å². The summed E-state index contributed by atoms with van der Waals surface area (Å²) in [5.74, 6) is 0.173. The number of aryl methyl sites for hydroxylation is 3. The molecule has 0 saturated heterocycles. The van der Waals surface area contributed by atoms with Gasteiger partial charge in [0.25, 0.3) is 0 Å². The van der Waals surface area contributed by atoms with Crippen molar-refractivity contribution >= 4 is 5.97 Å². The van der Waals surface area contributed by atoms with Crippen LogP contribution in [-0.2, 0) is 28.8 Å². The topological polar surface area (TPSA) is 96.2 Å². The largest absolute Gasteiger partial charge is 0.490 e. The maximum absolute atomic E-state index is 11.8. The molecule has 0 aliphatic heterocycles. The molecule has 0 radical (unpaired) electrons. The van der Waals surface area contributed by atoms with Gasteiger partial charge in [0.05, 0.1) is 19.8 Å². The average Bonchev–Trinajstić information content (AvgIpc) is 3.04. The second kappa shape index (κ2) is 17.0. The van der Waals surface area contributed by atoms with E-state index in [0.29, 0.717) is 24.2 Å². The molecule has 0 bridgehead atoms. The lowest BCUT2D eigenvalue weighted by Gasteiger charge is -2.27. The monoisotopic (exact) mass is 588 g/mol. The number of carbonyl (C=O) groups excluding carboxylic acids is 1. The zero-order valence-corrected chi connectivity index (χ0v) is 26.0. The molecule has 3 N–H and O–H groups in total. The molecule has 43 heavy (non-hydrogen) atoms. The first-order valence-electron chi connectivity index (χ1n) is 15.4. The molecule has 6 heteroatoms. The Hall–Kier alpha value is -3.45. The normalized spacial score (nSPS) is 11.4. The molecule has 0 amide bonds. The van der Waals surface area contributed by atoms with Gasteiger partial charge in [-0.25, -0.2) is 4.79 Å². The third-order valence-electron chi connectivity index (χ3n) is 8.07. The van der Waals surface area contributed by atoms with Crippen LogP contribution in [0.5, 0.6) is 5.75 Å². The highest BCUT2D eigenvalue weighted by Crippen LogP contribution is 2.34. The summed E-state index contributed by atoms with van der Waals surface area (Å²) in [4.78, 5) is 11.8. The summed E-state index contributed by atoms with van der Waals surface area (Å²) >= 11 is 0. The predicted molar refractivity (Wildman–Crippen MR) is 173 cm³/mol. The van der Waals surface area contributed by atoms with Crippen LogP contribution in [0, 0.1) is 5.41 Å². The Morgan fingerprint density at radius 2 is 1.47 bits per heavy atom. The van der Waals surface area contributed by atoms with Gasteiger partial charge in [0.1, 0.15) is 19.0 Å². The van der Waals surface area contributed by atoms with Gasteiger partial charge >= 0.3 is 5.97 Å². The van der Waals surface area contributed by atoms with Crippen molar-refractivity contribution in [3.05, 3.63) is 89.5 Å². The van der Waals surface area contributed by atoms with Crippen LogP contribution in [0.3, 0.4) is 0 Å². The van der Waals surface area contributed by atoms with Crippen molar-refractivity contribution in [1.82, 2.24) is 0 Å². The van der Waals surface area contributed by atoms with Crippen LogP contribution >= 0.6 is 0 Å². The Morgan fingerprint density at radius 1 is 0.791 bits per heavy atom. The number of benzene rings is 3. The molecule has 3 aromatic carbocycles. The fourth-order valence-electron chi connectivity index (χ4n) is 5.05. The smallest absolute Gasteiger partial charge is 0.333 e. The van der Waals surface area contributed by atoms with E-state index in [1.165, 1.54) is 41.5 Å². The zero-order chi connectivity index (χ0) is 31.2. The van der Waals surface area contributed by atoms with Crippen LogP contribution in [-0.4, -0.2) is 54.3 Å². The molecule has 6 nitrogen and oxygen atoms in total. The van der Waals surface area contributed by atoms with E-state index in [2.05, 4.69) is 69.0 Å². The Kier molecular flexibility index (Phi) is 13.5. The summed E-state index contributed by atoms with van der Waals surface area (Å²) in [5.41, 5.74) is 7.32. The SMILES string of the molecule is C=C(C)C(=O)OCCOc1cc(-c2ccc(-c3ccc(CCCCC)cc3)cc2CC)ccc1CCC(CO)(CO)CO. The van der Waals surface area contributed by atoms with E-state index in [9.17, 15) is 20.1 Å². The fraction of sp³-hybridized carbons (Fsp3) is 0.432. The molecule has 3 rings (SSSR count). The number of hydrogen-bond donors (Lipinski definition) is 3. The summed E-state index contributed by atoms with van der Waals surface area (Å²) in [6.07, 6.45) is 6.54. The molecule has 0 atom stereocenters.